The van der Waals surface area contributed by atoms with Gasteiger partial charge in [0.15, 0.2) is 0 Å². The number of nitrogens with zero attached hydrogens (tertiary/aromatic N) is 2. The van der Waals surface area contributed by atoms with Crippen LogP contribution in [0.4, 0.5) is 0 Å². The molecule has 0 aromatic rings. The van der Waals surface area contributed by atoms with E-state index < -0.39 is 43.5 Å². The van der Waals surface area contributed by atoms with Gasteiger partial charge < -0.3 is 20.1 Å². The second-order valence-corrected chi connectivity index (χ2v) is 6.35. The summed E-state index contributed by atoms with van der Waals surface area (Å²) in [5.41, 5.74) is 0. The van der Waals surface area contributed by atoms with Gasteiger partial charge in [-0.15, -0.1) is 0 Å². The average Bonchev–Trinajstić information content (AvgIpc) is 2.51. The lowest BCUT2D eigenvalue weighted by molar-refractivity contribution is -0.153. The van der Waals surface area contributed by atoms with E-state index in [4.69, 9.17) is 20.1 Å². The Labute approximate surface area is 151 Å². The number of rotatable bonds is 12. The molecular formula is C16H26N2O8. The predicted molar refractivity (Wildman–Crippen MR) is 88.8 cm³/mol. The summed E-state index contributed by atoms with van der Waals surface area (Å²) in [6.45, 7) is -1.60. The molecule has 0 atom stereocenters. The van der Waals surface area contributed by atoms with Crippen LogP contribution in [0.3, 0.4) is 0 Å². The summed E-state index contributed by atoms with van der Waals surface area (Å²) < 4.78 is 5.36. The van der Waals surface area contributed by atoms with Gasteiger partial charge in [-0.05, 0) is 25.7 Å². The number of aliphatic carboxylic acids is 3. The Balaban J connectivity index is 2.54. The Morgan fingerprint density at radius 1 is 0.731 bits per heavy atom. The molecule has 0 aromatic carbocycles. The van der Waals surface area contributed by atoms with E-state index in [1.807, 2.05) is 0 Å². The maximum atomic E-state index is 12.0. The number of carbonyl (C=O) groups is 4. The number of esters is 1. The quantitative estimate of drug-likeness (QED) is 0.390. The molecule has 10 heteroatoms. The number of hydrogen-bond acceptors (Lipinski definition) is 7. The molecule has 0 heterocycles. The number of carboxylic acids is 3. The first-order valence-electron chi connectivity index (χ1n) is 8.56. The van der Waals surface area contributed by atoms with Crippen molar-refractivity contribution >= 4 is 23.9 Å². The normalized spacial score (nSPS) is 15.2. The van der Waals surface area contributed by atoms with Crippen molar-refractivity contribution in [3.05, 3.63) is 0 Å². The number of carboxylic acid groups (broad SMARTS) is 3. The first-order valence-corrected chi connectivity index (χ1v) is 8.56. The molecule has 1 saturated carbocycles. The van der Waals surface area contributed by atoms with Gasteiger partial charge in [0.05, 0.1) is 26.2 Å². The summed E-state index contributed by atoms with van der Waals surface area (Å²) in [6, 6.07) is 0. The van der Waals surface area contributed by atoms with Gasteiger partial charge in [-0.25, -0.2) is 0 Å². The number of ether oxygens (including phenoxy) is 1. The fourth-order valence-corrected chi connectivity index (χ4v) is 2.87. The average molecular weight is 374 g/mol. The van der Waals surface area contributed by atoms with Crippen LogP contribution in [-0.2, 0) is 23.9 Å². The topological polar surface area (TPSA) is 145 Å². The summed E-state index contributed by atoms with van der Waals surface area (Å²) in [6.07, 6.45) is 4.57. The highest BCUT2D eigenvalue weighted by Crippen LogP contribution is 2.20. The van der Waals surface area contributed by atoms with Crippen LogP contribution >= 0.6 is 0 Å². The standard InChI is InChI=1S/C16H26N2O8/c19-13(20)8-17(9-14(21)22)6-7-18(10-15(23)24)11-16(25)26-12-4-2-1-3-5-12/h12H,1-11H2,(H,19,20)(H,21,22)(H,23,24). The molecule has 1 fully saturated rings. The van der Waals surface area contributed by atoms with Gasteiger partial charge in [0.1, 0.15) is 6.10 Å². The van der Waals surface area contributed by atoms with Crippen molar-refractivity contribution in [3.63, 3.8) is 0 Å². The highest BCUT2D eigenvalue weighted by atomic mass is 16.5. The van der Waals surface area contributed by atoms with Crippen LogP contribution in [0.1, 0.15) is 32.1 Å². The highest BCUT2D eigenvalue weighted by molar-refractivity contribution is 5.74. The lowest BCUT2D eigenvalue weighted by Gasteiger charge is -2.26. The van der Waals surface area contributed by atoms with E-state index in [0.29, 0.717) is 0 Å². The summed E-state index contributed by atoms with van der Waals surface area (Å²) in [4.78, 5) is 47.1. The molecule has 0 aromatic heterocycles. The molecule has 0 aliphatic heterocycles. The lowest BCUT2D eigenvalue weighted by Crippen LogP contribution is -2.44. The van der Waals surface area contributed by atoms with Crippen molar-refractivity contribution in [1.82, 2.24) is 9.80 Å². The largest absolute Gasteiger partial charge is 0.480 e. The Morgan fingerprint density at radius 2 is 1.15 bits per heavy atom. The van der Waals surface area contributed by atoms with E-state index in [1.54, 1.807) is 0 Å². The third kappa shape index (κ3) is 9.94. The monoisotopic (exact) mass is 374 g/mol. The minimum absolute atomic E-state index is 0.00257. The number of carbonyl (C=O) groups excluding carboxylic acids is 1. The molecule has 1 aliphatic rings. The number of hydrogen-bond donors (Lipinski definition) is 3. The van der Waals surface area contributed by atoms with Crippen molar-refractivity contribution in [2.24, 2.45) is 0 Å². The van der Waals surface area contributed by atoms with Crippen molar-refractivity contribution in [1.29, 1.82) is 0 Å². The summed E-state index contributed by atoms with van der Waals surface area (Å²) >= 11 is 0. The second kappa shape index (κ2) is 11.4. The van der Waals surface area contributed by atoms with Crippen LogP contribution in [0.25, 0.3) is 0 Å². The maximum Gasteiger partial charge on any atom is 0.320 e. The molecule has 26 heavy (non-hydrogen) atoms. The van der Waals surface area contributed by atoms with Crippen LogP contribution in [0.2, 0.25) is 0 Å². The van der Waals surface area contributed by atoms with Crippen LogP contribution in [0, 0.1) is 0 Å². The van der Waals surface area contributed by atoms with Crippen molar-refractivity contribution < 1.29 is 39.2 Å². The Bertz CT molecular complexity index is 488. The van der Waals surface area contributed by atoms with Crippen LogP contribution in [0.15, 0.2) is 0 Å². The zero-order valence-corrected chi connectivity index (χ0v) is 14.6. The van der Waals surface area contributed by atoms with Crippen LogP contribution < -0.4 is 0 Å². The third-order valence-corrected chi connectivity index (χ3v) is 4.01. The first-order chi connectivity index (χ1) is 12.3. The summed E-state index contributed by atoms with van der Waals surface area (Å²) in [5.74, 6) is -4.04. The van der Waals surface area contributed by atoms with E-state index in [1.165, 1.54) is 4.90 Å². The van der Waals surface area contributed by atoms with Gasteiger partial charge in [0, 0.05) is 13.1 Å². The fraction of sp³-hybridized carbons (Fsp3) is 0.750. The molecule has 0 saturated heterocycles. The zero-order chi connectivity index (χ0) is 19.5. The molecule has 0 unspecified atom stereocenters. The minimum Gasteiger partial charge on any atom is -0.480 e. The van der Waals surface area contributed by atoms with Gasteiger partial charge in [-0.1, -0.05) is 6.42 Å². The predicted octanol–water partition coefficient (Wildman–Crippen LogP) is -0.280. The van der Waals surface area contributed by atoms with Gasteiger partial charge in [0.2, 0.25) is 0 Å². The second-order valence-electron chi connectivity index (χ2n) is 6.35. The summed E-state index contributed by atoms with van der Waals surface area (Å²) in [7, 11) is 0. The van der Waals surface area contributed by atoms with Crippen LogP contribution in [-0.4, -0.2) is 94.4 Å². The SMILES string of the molecule is O=C(O)CN(CCN(CC(=O)O)CC(=O)OC1CCCCC1)CC(=O)O. The van der Waals surface area contributed by atoms with Gasteiger partial charge in [-0.2, -0.15) is 0 Å². The highest BCUT2D eigenvalue weighted by Gasteiger charge is 2.22. The zero-order valence-electron chi connectivity index (χ0n) is 14.6. The molecule has 1 aliphatic carbocycles. The molecule has 3 N–H and O–H groups in total. The molecule has 10 nitrogen and oxygen atoms in total. The van der Waals surface area contributed by atoms with E-state index in [9.17, 15) is 19.2 Å². The molecule has 0 bridgehead atoms. The Morgan fingerprint density at radius 3 is 1.58 bits per heavy atom. The van der Waals surface area contributed by atoms with Gasteiger partial charge in [-0.3, -0.25) is 29.0 Å². The maximum absolute atomic E-state index is 12.0. The van der Waals surface area contributed by atoms with Crippen molar-refractivity contribution in [3.8, 4) is 0 Å². The van der Waals surface area contributed by atoms with E-state index in [2.05, 4.69) is 0 Å². The van der Waals surface area contributed by atoms with Crippen molar-refractivity contribution in [2.45, 2.75) is 38.2 Å². The van der Waals surface area contributed by atoms with E-state index >= 15 is 0 Å². The molecule has 0 amide bonds. The minimum atomic E-state index is -1.19. The van der Waals surface area contributed by atoms with E-state index in [0.717, 1.165) is 37.0 Å². The van der Waals surface area contributed by atoms with Crippen LogP contribution in [0.5, 0.6) is 0 Å². The van der Waals surface area contributed by atoms with E-state index in [-0.39, 0.29) is 25.7 Å². The van der Waals surface area contributed by atoms with Crippen molar-refractivity contribution in [2.75, 3.05) is 39.3 Å². The van der Waals surface area contributed by atoms with Gasteiger partial charge in [0.25, 0.3) is 0 Å². The molecule has 0 radical (unpaired) electrons. The Hall–Kier alpha value is -2.20. The first kappa shape index (κ1) is 21.8. The third-order valence-electron chi connectivity index (χ3n) is 4.01. The van der Waals surface area contributed by atoms with Gasteiger partial charge >= 0.3 is 23.9 Å². The molecular weight excluding hydrogens is 348 g/mol. The summed E-state index contributed by atoms with van der Waals surface area (Å²) in [5, 5.41) is 26.6. The lowest BCUT2D eigenvalue weighted by atomic mass is 9.98. The molecule has 1 rings (SSSR count). The smallest absolute Gasteiger partial charge is 0.320 e. The molecule has 148 valence electrons. The molecule has 0 spiro atoms. The Kier molecular flexibility index (Phi) is 9.60. The fourth-order valence-electron chi connectivity index (χ4n) is 2.87.